The number of hydrogen-bond donors (Lipinski definition) is 2. The van der Waals surface area contributed by atoms with Crippen LogP contribution in [-0.2, 0) is 10.2 Å². The lowest BCUT2D eigenvalue weighted by molar-refractivity contribution is -0.122. The Bertz CT molecular complexity index is 537. The van der Waals surface area contributed by atoms with Crippen LogP contribution in [0, 0.1) is 11.7 Å². The molecule has 0 bridgehead atoms. The van der Waals surface area contributed by atoms with Gasteiger partial charge in [-0.05, 0) is 49.3 Å². The minimum absolute atomic E-state index is 0.0266. The van der Waals surface area contributed by atoms with Crippen molar-refractivity contribution in [3.8, 4) is 0 Å². The summed E-state index contributed by atoms with van der Waals surface area (Å²) in [7, 11) is 0. The zero-order chi connectivity index (χ0) is 16.3. The maximum absolute atomic E-state index is 13.2. The highest BCUT2D eigenvalue weighted by Gasteiger charge is 2.36. The maximum Gasteiger partial charge on any atom is 0.220 e. The fourth-order valence-corrected chi connectivity index (χ4v) is 4.32. The summed E-state index contributed by atoms with van der Waals surface area (Å²) in [6.07, 6.45) is 8.24. The van der Waals surface area contributed by atoms with E-state index >= 15 is 0 Å². The largest absolute Gasteiger partial charge is 0.355 e. The zero-order valence-corrected chi connectivity index (χ0v) is 13.7. The molecule has 23 heavy (non-hydrogen) atoms. The summed E-state index contributed by atoms with van der Waals surface area (Å²) in [5.41, 5.74) is 7.18. The summed E-state index contributed by atoms with van der Waals surface area (Å²) in [5, 5.41) is 3.14. The Morgan fingerprint density at radius 2 is 1.87 bits per heavy atom. The van der Waals surface area contributed by atoms with Gasteiger partial charge in [-0.2, -0.15) is 0 Å². The first kappa shape index (κ1) is 16.4. The second kappa shape index (κ2) is 7.00. The second-order valence-corrected chi connectivity index (χ2v) is 7.33. The van der Waals surface area contributed by atoms with E-state index in [-0.39, 0.29) is 23.2 Å². The van der Waals surface area contributed by atoms with E-state index in [4.69, 9.17) is 5.73 Å². The molecular formula is C19H27FN2O. The first-order valence-corrected chi connectivity index (χ1v) is 8.87. The molecule has 2 saturated carbocycles. The second-order valence-electron chi connectivity index (χ2n) is 7.33. The van der Waals surface area contributed by atoms with Crippen LogP contribution in [0.15, 0.2) is 24.3 Å². The fraction of sp³-hybridized carbons (Fsp3) is 0.632. The summed E-state index contributed by atoms with van der Waals surface area (Å²) in [5.74, 6) is 0.238. The Labute approximate surface area is 137 Å². The van der Waals surface area contributed by atoms with E-state index < -0.39 is 0 Å². The highest BCUT2D eigenvalue weighted by Crippen LogP contribution is 2.40. The molecule has 1 aromatic carbocycles. The molecule has 0 heterocycles. The predicted molar refractivity (Wildman–Crippen MR) is 89.5 cm³/mol. The van der Waals surface area contributed by atoms with Crippen LogP contribution in [-0.4, -0.2) is 18.5 Å². The van der Waals surface area contributed by atoms with Crippen LogP contribution in [0.5, 0.6) is 0 Å². The van der Waals surface area contributed by atoms with E-state index in [1.54, 1.807) is 0 Å². The Hall–Kier alpha value is -1.42. The number of nitrogens with one attached hydrogen (secondary N) is 1. The van der Waals surface area contributed by atoms with Gasteiger partial charge in [-0.1, -0.05) is 31.4 Å². The van der Waals surface area contributed by atoms with Gasteiger partial charge < -0.3 is 11.1 Å². The number of hydrogen-bond acceptors (Lipinski definition) is 2. The average Bonchev–Trinajstić information content (AvgIpc) is 3.17. The van der Waals surface area contributed by atoms with Crippen molar-refractivity contribution in [3.05, 3.63) is 35.6 Å². The van der Waals surface area contributed by atoms with Gasteiger partial charge in [0.1, 0.15) is 5.82 Å². The molecule has 1 amide bonds. The molecule has 3 N–H and O–H groups in total. The van der Waals surface area contributed by atoms with Crippen LogP contribution in [0.3, 0.4) is 0 Å². The van der Waals surface area contributed by atoms with Gasteiger partial charge in [-0.15, -0.1) is 0 Å². The highest BCUT2D eigenvalue weighted by atomic mass is 19.1. The zero-order valence-electron chi connectivity index (χ0n) is 13.7. The van der Waals surface area contributed by atoms with Gasteiger partial charge in [0, 0.05) is 24.4 Å². The van der Waals surface area contributed by atoms with Crippen molar-refractivity contribution >= 4 is 5.91 Å². The monoisotopic (exact) mass is 318 g/mol. The van der Waals surface area contributed by atoms with Crippen molar-refractivity contribution in [2.24, 2.45) is 11.7 Å². The molecule has 2 aliphatic carbocycles. The van der Waals surface area contributed by atoms with Gasteiger partial charge in [-0.3, -0.25) is 4.79 Å². The van der Waals surface area contributed by atoms with Crippen molar-refractivity contribution in [2.45, 2.75) is 62.8 Å². The molecular weight excluding hydrogens is 291 g/mol. The molecule has 0 spiro atoms. The van der Waals surface area contributed by atoms with Crippen molar-refractivity contribution in [3.63, 3.8) is 0 Å². The van der Waals surface area contributed by atoms with Crippen molar-refractivity contribution < 1.29 is 9.18 Å². The molecule has 0 unspecified atom stereocenters. The smallest absolute Gasteiger partial charge is 0.220 e. The molecule has 3 rings (SSSR count). The average molecular weight is 318 g/mol. The number of halogens is 1. The molecule has 3 nitrogen and oxygen atoms in total. The van der Waals surface area contributed by atoms with Crippen molar-refractivity contribution in [2.75, 3.05) is 6.54 Å². The van der Waals surface area contributed by atoms with Gasteiger partial charge in [0.15, 0.2) is 0 Å². The predicted octanol–water partition coefficient (Wildman–Crippen LogP) is 3.27. The number of amides is 1. The van der Waals surface area contributed by atoms with Crippen LogP contribution in [0.25, 0.3) is 0 Å². The number of benzene rings is 1. The SMILES string of the molecule is N[C@@H]1CCC[C@H]1CC(=O)NCC1(c2ccc(F)cc2)CCCC1. The first-order chi connectivity index (χ1) is 11.1. The highest BCUT2D eigenvalue weighted by molar-refractivity contribution is 5.76. The third kappa shape index (κ3) is 3.74. The van der Waals surface area contributed by atoms with Gasteiger partial charge in [0.2, 0.25) is 5.91 Å². The number of carbonyl (C=O) groups is 1. The molecule has 2 fully saturated rings. The summed E-state index contributed by atoms with van der Waals surface area (Å²) in [6.45, 7) is 0.652. The lowest BCUT2D eigenvalue weighted by atomic mass is 9.78. The third-order valence-electron chi connectivity index (χ3n) is 5.81. The van der Waals surface area contributed by atoms with Gasteiger partial charge in [0.05, 0.1) is 0 Å². The summed E-state index contributed by atoms with van der Waals surface area (Å²) < 4.78 is 13.2. The normalized spacial score (nSPS) is 26.3. The molecule has 2 aliphatic rings. The van der Waals surface area contributed by atoms with Gasteiger partial charge >= 0.3 is 0 Å². The topological polar surface area (TPSA) is 55.1 Å². The third-order valence-corrected chi connectivity index (χ3v) is 5.81. The summed E-state index contributed by atoms with van der Waals surface area (Å²) >= 11 is 0. The van der Waals surface area contributed by atoms with E-state index in [0.717, 1.165) is 37.7 Å². The van der Waals surface area contributed by atoms with E-state index in [0.29, 0.717) is 18.9 Å². The van der Waals surface area contributed by atoms with Crippen molar-refractivity contribution in [1.82, 2.24) is 5.32 Å². The summed E-state index contributed by atoms with van der Waals surface area (Å²) in [4.78, 5) is 12.3. The molecule has 126 valence electrons. The molecule has 0 aromatic heterocycles. The van der Waals surface area contributed by atoms with E-state index in [2.05, 4.69) is 5.32 Å². The Morgan fingerprint density at radius 3 is 2.48 bits per heavy atom. The molecule has 0 radical (unpaired) electrons. The number of nitrogens with two attached hydrogens (primary N) is 1. The van der Waals surface area contributed by atoms with Crippen LogP contribution in [0.4, 0.5) is 4.39 Å². The minimum atomic E-state index is -0.207. The van der Waals surface area contributed by atoms with E-state index in [1.807, 2.05) is 12.1 Å². The van der Waals surface area contributed by atoms with E-state index in [1.165, 1.54) is 25.0 Å². The molecule has 2 atom stereocenters. The molecule has 0 aliphatic heterocycles. The molecule has 0 saturated heterocycles. The molecule has 1 aromatic rings. The van der Waals surface area contributed by atoms with Gasteiger partial charge in [-0.25, -0.2) is 4.39 Å². The standard InChI is InChI=1S/C19H27FN2O/c20-16-8-6-15(7-9-16)19(10-1-2-11-19)13-22-18(23)12-14-4-3-5-17(14)21/h6-9,14,17H,1-5,10-13,21H2,(H,22,23)/t14-,17+/m0/s1. The van der Waals surface area contributed by atoms with Crippen molar-refractivity contribution in [1.29, 1.82) is 0 Å². The lowest BCUT2D eigenvalue weighted by Gasteiger charge is -2.30. The molecule has 4 heteroatoms. The quantitative estimate of drug-likeness (QED) is 0.875. The Kier molecular flexibility index (Phi) is 5.00. The van der Waals surface area contributed by atoms with Crippen LogP contribution >= 0.6 is 0 Å². The van der Waals surface area contributed by atoms with Crippen LogP contribution in [0.1, 0.15) is 56.9 Å². The van der Waals surface area contributed by atoms with Crippen LogP contribution < -0.4 is 11.1 Å². The van der Waals surface area contributed by atoms with Crippen LogP contribution in [0.2, 0.25) is 0 Å². The maximum atomic E-state index is 13.2. The summed E-state index contributed by atoms with van der Waals surface area (Å²) in [6, 6.07) is 6.97. The lowest BCUT2D eigenvalue weighted by Crippen LogP contribution is -2.40. The Morgan fingerprint density at radius 1 is 1.17 bits per heavy atom. The minimum Gasteiger partial charge on any atom is -0.355 e. The fourth-order valence-electron chi connectivity index (χ4n) is 4.32. The van der Waals surface area contributed by atoms with Gasteiger partial charge in [0.25, 0.3) is 0 Å². The number of carbonyl (C=O) groups excluding carboxylic acids is 1. The van der Waals surface area contributed by atoms with E-state index in [9.17, 15) is 9.18 Å². The number of rotatable bonds is 5. The first-order valence-electron chi connectivity index (χ1n) is 8.87. The Balaban J connectivity index is 1.61.